The monoisotopic (exact) mass is 302 g/mol. The molecule has 1 unspecified atom stereocenters. The number of hydrogen-bond acceptors (Lipinski definition) is 3. The van der Waals surface area contributed by atoms with Crippen LogP contribution in [0.4, 0.5) is 13.2 Å². The van der Waals surface area contributed by atoms with Gasteiger partial charge in [0, 0.05) is 12.6 Å². The Kier molecular flexibility index (Phi) is 4.72. The molecule has 2 rings (SSSR count). The van der Waals surface area contributed by atoms with E-state index in [1.54, 1.807) is 13.0 Å². The Labute approximate surface area is 120 Å². The lowest BCUT2D eigenvalue weighted by molar-refractivity contribution is -0.274. The third-order valence-corrected chi connectivity index (χ3v) is 3.06. The Morgan fingerprint density at radius 1 is 1.43 bits per heavy atom. The van der Waals surface area contributed by atoms with Crippen LogP contribution in [0.1, 0.15) is 25.3 Å². The third kappa shape index (κ3) is 5.63. The van der Waals surface area contributed by atoms with E-state index in [1.165, 1.54) is 18.2 Å². The summed E-state index contributed by atoms with van der Waals surface area (Å²) in [6.45, 7) is 2.00. The first-order valence-electron chi connectivity index (χ1n) is 6.72. The van der Waals surface area contributed by atoms with Crippen LogP contribution in [-0.2, 0) is 11.3 Å². The van der Waals surface area contributed by atoms with Crippen LogP contribution in [0.15, 0.2) is 24.3 Å². The SMILES string of the molecule is CC(NCc1cccc(OC(F)(F)F)c1)C(=O)NC1CC1. The topological polar surface area (TPSA) is 50.4 Å². The van der Waals surface area contributed by atoms with Crippen molar-refractivity contribution in [3.63, 3.8) is 0 Å². The summed E-state index contributed by atoms with van der Waals surface area (Å²) in [5.74, 6) is -0.364. The highest BCUT2D eigenvalue weighted by Crippen LogP contribution is 2.23. The number of ether oxygens (including phenoxy) is 1. The molecule has 1 atom stereocenters. The van der Waals surface area contributed by atoms with Gasteiger partial charge < -0.3 is 15.4 Å². The molecule has 0 aromatic heterocycles. The van der Waals surface area contributed by atoms with E-state index < -0.39 is 12.4 Å². The minimum Gasteiger partial charge on any atom is -0.406 e. The number of benzene rings is 1. The number of carbonyl (C=O) groups excluding carboxylic acids is 1. The zero-order valence-electron chi connectivity index (χ0n) is 11.5. The molecule has 0 aliphatic heterocycles. The molecule has 1 amide bonds. The maximum Gasteiger partial charge on any atom is 0.573 e. The molecule has 1 aromatic carbocycles. The molecule has 0 heterocycles. The lowest BCUT2D eigenvalue weighted by Gasteiger charge is -2.14. The summed E-state index contributed by atoms with van der Waals surface area (Å²) in [6.07, 6.45) is -2.69. The summed E-state index contributed by atoms with van der Waals surface area (Å²) in [5.41, 5.74) is 0.614. The van der Waals surface area contributed by atoms with Crippen molar-refractivity contribution in [3.8, 4) is 5.75 Å². The quantitative estimate of drug-likeness (QED) is 0.848. The van der Waals surface area contributed by atoms with Crippen molar-refractivity contribution < 1.29 is 22.7 Å². The average molecular weight is 302 g/mol. The predicted molar refractivity (Wildman–Crippen MR) is 70.6 cm³/mol. The van der Waals surface area contributed by atoms with Crippen molar-refractivity contribution in [2.45, 2.75) is 44.8 Å². The molecule has 0 radical (unpaired) electrons. The summed E-state index contributed by atoms with van der Waals surface area (Å²) in [5, 5.41) is 5.83. The van der Waals surface area contributed by atoms with E-state index in [4.69, 9.17) is 0 Å². The van der Waals surface area contributed by atoms with Crippen molar-refractivity contribution >= 4 is 5.91 Å². The fourth-order valence-electron chi connectivity index (χ4n) is 1.77. The lowest BCUT2D eigenvalue weighted by Crippen LogP contribution is -2.42. The van der Waals surface area contributed by atoms with E-state index in [0.29, 0.717) is 5.56 Å². The van der Waals surface area contributed by atoms with Gasteiger partial charge >= 0.3 is 6.36 Å². The van der Waals surface area contributed by atoms with E-state index in [1.807, 2.05) is 0 Å². The van der Waals surface area contributed by atoms with Gasteiger partial charge in [-0.2, -0.15) is 0 Å². The van der Waals surface area contributed by atoms with E-state index in [0.717, 1.165) is 12.8 Å². The van der Waals surface area contributed by atoms with Gasteiger partial charge in [0.05, 0.1) is 6.04 Å². The fraction of sp³-hybridized carbons (Fsp3) is 0.500. The summed E-state index contributed by atoms with van der Waals surface area (Å²) in [4.78, 5) is 11.7. The molecule has 1 aliphatic carbocycles. The molecule has 2 N–H and O–H groups in total. The van der Waals surface area contributed by atoms with Gasteiger partial charge in [-0.3, -0.25) is 4.79 Å². The standard InChI is InChI=1S/C14H17F3N2O2/c1-9(13(20)19-11-5-6-11)18-8-10-3-2-4-12(7-10)21-14(15,16)17/h2-4,7,9,11,18H,5-6,8H2,1H3,(H,19,20). The van der Waals surface area contributed by atoms with Crippen LogP contribution in [0.25, 0.3) is 0 Å². The Hall–Kier alpha value is -1.76. The Balaban J connectivity index is 1.84. The number of rotatable bonds is 6. The van der Waals surface area contributed by atoms with E-state index in [-0.39, 0.29) is 24.2 Å². The van der Waals surface area contributed by atoms with Crippen molar-refractivity contribution in [1.82, 2.24) is 10.6 Å². The number of nitrogens with one attached hydrogen (secondary N) is 2. The van der Waals surface area contributed by atoms with Crippen molar-refractivity contribution in [2.75, 3.05) is 0 Å². The van der Waals surface area contributed by atoms with Crippen LogP contribution in [0.5, 0.6) is 5.75 Å². The Morgan fingerprint density at radius 2 is 2.14 bits per heavy atom. The van der Waals surface area contributed by atoms with Crippen LogP contribution in [0.3, 0.4) is 0 Å². The minimum absolute atomic E-state index is 0.0970. The highest BCUT2D eigenvalue weighted by atomic mass is 19.4. The van der Waals surface area contributed by atoms with Gasteiger partial charge in [0.15, 0.2) is 0 Å². The first-order valence-corrected chi connectivity index (χ1v) is 6.72. The molecule has 4 nitrogen and oxygen atoms in total. The maximum atomic E-state index is 12.1. The summed E-state index contributed by atoms with van der Waals surface area (Å²) in [6, 6.07) is 5.56. The maximum absolute atomic E-state index is 12.1. The molecule has 1 aromatic rings. The van der Waals surface area contributed by atoms with Crippen LogP contribution in [-0.4, -0.2) is 24.4 Å². The van der Waals surface area contributed by atoms with Crippen molar-refractivity contribution in [3.05, 3.63) is 29.8 Å². The van der Waals surface area contributed by atoms with Gasteiger partial charge in [-0.1, -0.05) is 12.1 Å². The summed E-state index contributed by atoms with van der Waals surface area (Å²) < 4.78 is 40.2. The lowest BCUT2D eigenvalue weighted by atomic mass is 10.2. The van der Waals surface area contributed by atoms with Crippen LogP contribution < -0.4 is 15.4 Å². The molecule has 1 fully saturated rings. The Morgan fingerprint density at radius 3 is 2.76 bits per heavy atom. The first-order chi connectivity index (χ1) is 9.83. The highest BCUT2D eigenvalue weighted by Gasteiger charge is 2.31. The smallest absolute Gasteiger partial charge is 0.406 e. The molecular formula is C14H17F3N2O2. The van der Waals surface area contributed by atoms with Gasteiger partial charge in [0.25, 0.3) is 0 Å². The van der Waals surface area contributed by atoms with Crippen LogP contribution >= 0.6 is 0 Å². The fourth-order valence-corrected chi connectivity index (χ4v) is 1.77. The van der Waals surface area contributed by atoms with Crippen molar-refractivity contribution in [2.24, 2.45) is 0 Å². The Bertz CT molecular complexity index is 501. The van der Waals surface area contributed by atoms with Gasteiger partial charge in [-0.05, 0) is 37.5 Å². The number of halogens is 3. The van der Waals surface area contributed by atoms with Crippen molar-refractivity contribution in [1.29, 1.82) is 0 Å². The van der Waals surface area contributed by atoms with E-state index in [9.17, 15) is 18.0 Å². The number of alkyl halides is 3. The van der Waals surface area contributed by atoms with Gasteiger partial charge in [0.2, 0.25) is 5.91 Å². The second-order valence-electron chi connectivity index (χ2n) is 5.08. The van der Waals surface area contributed by atoms with Gasteiger partial charge in [-0.15, -0.1) is 13.2 Å². The van der Waals surface area contributed by atoms with Crippen LogP contribution in [0, 0.1) is 0 Å². The van der Waals surface area contributed by atoms with Crippen LogP contribution in [0.2, 0.25) is 0 Å². The molecule has 21 heavy (non-hydrogen) atoms. The molecule has 1 saturated carbocycles. The molecule has 0 saturated heterocycles. The summed E-state index contributed by atoms with van der Waals surface area (Å²) in [7, 11) is 0. The third-order valence-electron chi connectivity index (χ3n) is 3.06. The molecule has 116 valence electrons. The normalized spacial score (nSPS) is 16.4. The minimum atomic E-state index is -4.70. The molecular weight excluding hydrogens is 285 g/mol. The summed E-state index contributed by atoms with van der Waals surface area (Å²) >= 11 is 0. The second kappa shape index (κ2) is 6.34. The largest absolute Gasteiger partial charge is 0.573 e. The van der Waals surface area contributed by atoms with Gasteiger partial charge in [0.1, 0.15) is 5.75 Å². The van der Waals surface area contributed by atoms with E-state index >= 15 is 0 Å². The highest BCUT2D eigenvalue weighted by molar-refractivity contribution is 5.81. The molecule has 1 aliphatic rings. The second-order valence-corrected chi connectivity index (χ2v) is 5.08. The average Bonchev–Trinajstić information content (AvgIpc) is 3.18. The zero-order valence-corrected chi connectivity index (χ0v) is 11.5. The first kappa shape index (κ1) is 15.6. The molecule has 7 heteroatoms. The predicted octanol–water partition coefficient (Wildman–Crippen LogP) is 2.34. The number of carbonyl (C=O) groups is 1. The number of amides is 1. The van der Waals surface area contributed by atoms with E-state index in [2.05, 4.69) is 15.4 Å². The molecule has 0 spiro atoms. The zero-order chi connectivity index (χ0) is 15.5. The van der Waals surface area contributed by atoms with Gasteiger partial charge in [-0.25, -0.2) is 0 Å². The molecule has 0 bridgehead atoms. The number of hydrogen-bond donors (Lipinski definition) is 2.